The molecule has 1 aromatic carbocycles. The first-order valence-electron chi connectivity index (χ1n) is 9.55. The predicted octanol–water partition coefficient (Wildman–Crippen LogP) is 5.56. The molecule has 1 aliphatic rings. The van der Waals surface area contributed by atoms with Crippen molar-refractivity contribution in [3.63, 3.8) is 0 Å². The number of hydrogen-bond donors (Lipinski definition) is 0. The van der Waals surface area contributed by atoms with Gasteiger partial charge in [0.25, 0.3) is 0 Å². The van der Waals surface area contributed by atoms with E-state index in [1.165, 1.54) is 0 Å². The molecule has 0 radical (unpaired) electrons. The van der Waals surface area contributed by atoms with E-state index in [-0.39, 0.29) is 0 Å². The number of anilines is 1. The van der Waals surface area contributed by atoms with Gasteiger partial charge >= 0.3 is 6.18 Å². The number of aromatic nitrogens is 1. The number of halogens is 3. The maximum atomic E-state index is 13.6. The maximum Gasteiger partial charge on any atom is 0.396 e. The molecule has 0 spiro atoms. The topological polar surface area (TPSA) is 19.4 Å². The van der Waals surface area contributed by atoms with Crippen molar-refractivity contribution in [3.05, 3.63) is 34.7 Å². The molecule has 0 N–H and O–H groups in total. The lowest BCUT2D eigenvalue weighted by Gasteiger charge is -2.33. The van der Waals surface area contributed by atoms with Crippen molar-refractivity contribution < 1.29 is 13.2 Å². The van der Waals surface area contributed by atoms with Gasteiger partial charge in [-0.1, -0.05) is 45.0 Å². The first-order chi connectivity index (χ1) is 13.0. The van der Waals surface area contributed by atoms with Crippen LogP contribution in [0.5, 0.6) is 0 Å². The number of thiazole rings is 1. The Balaban J connectivity index is 1.86. The average molecular weight is 412 g/mol. The average Bonchev–Trinajstić information content (AvgIpc) is 2.95. The molecule has 1 fully saturated rings. The number of likely N-dealkylation sites (N-methyl/N-ethyl adjacent to an activating group) is 1. The zero-order chi connectivity index (χ0) is 20.7. The highest BCUT2D eigenvalue weighted by atomic mass is 32.1. The van der Waals surface area contributed by atoms with Gasteiger partial charge in [-0.15, -0.1) is 11.3 Å². The lowest BCUT2D eigenvalue weighted by atomic mass is 9.76. The van der Waals surface area contributed by atoms with Gasteiger partial charge in [0.15, 0.2) is 5.13 Å². The molecule has 0 aliphatic carbocycles. The monoisotopic (exact) mass is 411 g/mol. The molecule has 1 aliphatic heterocycles. The molecule has 2 heterocycles. The maximum absolute atomic E-state index is 13.6. The Morgan fingerprint density at radius 2 is 1.57 bits per heavy atom. The molecular weight excluding hydrogens is 383 g/mol. The largest absolute Gasteiger partial charge is 0.396 e. The molecule has 0 bridgehead atoms. The molecule has 154 valence electrons. The molecule has 3 nitrogen and oxygen atoms in total. The molecule has 0 saturated carbocycles. The van der Waals surface area contributed by atoms with Crippen LogP contribution in [-0.2, 0) is 0 Å². The van der Waals surface area contributed by atoms with Gasteiger partial charge in [0.2, 0.25) is 0 Å². The first-order valence-corrected chi connectivity index (χ1v) is 10.4. The Labute approximate surface area is 169 Å². The predicted molar refractivity (Wildman–Crippen MR) is 110 cm³/mol. The second-order valence-corrected chi connectivity index (χ2v) is 9.84. The van der Waals surface area contributed by atoms with Gasteiger partial charge < -0.3 is 9.80 Å². The van der Waals surface area contributed by atoms with E-state index in [0.717, 1.165) is 47.4 Å². The Bertz CT molecular complexity index is 784. The van der Waals surface area contributed by atoms with E-state index in [0.29, 0.717) is 5.56 Å². The lowest BCUT2D eigenvalue weighted by Crippen LogP contribution is -2.44. The van der Waals surface area contributed by atoms with E-state index < -0.39 is 17.5 Å². The fourth-order valence-electron chi connectivity index (χ4n) is 3.80. The molecule has 7 heteroatoms. The highest BCUT2D eigenvalue weighted by Gasteiger charge is 2.47. The smallest absolute Gasteiger partial charge is 0.346 e. The van der Waals surface area contributed by atoms with Crippen LogP contribution in [0.1, 0.15) is 37.1 Å². The summed E-state index contributed by atoms with van der Waals surface area (Å²) in [6, 6.07) is 6.76. The van der Waals surface area contributed by atoms with Crippen LogP contribution in [0.15, 0.2) is 24.3 Å². The van der Waals surface area contributed by atoms with Gasteiger partial charge in [0.1, 0.15) is 0 Å². The molecule has 1 saturated heterocycles. The standard InChI is InChI=1S/C21H28F3N3S/c1-14-17(25-19(28-14)27-12-10-26(5)11-13-27)15-6-8-16(9-7-15)18(20(2,3)4)21(22,23)24/h6-9,18H,10-13H2,1-5H3. The van der Waals surface area contributed by atoms with Crippen molar-refractivity contribution in [1.29, 1.82) is 0 Å². The van der Waals surface area contributed by atoms with Crippen molar-refractivity contribution in [3.8, 4) is 11.3 Å². The van der Waals surface area contributed by atoms with Crippen molar-refractivity contribution >= 4 is 16.5 Å². The minimum atomic E-state index is -4.27. The van der Waals surface area contributed by atoms with Crippen LogP contribution in [0.3, 0.4) is 0 Å². The van der Waals surface area contributed by atoms with Gasteiger partial charge in [-0.05, 0) is 24.9 Å². The van der Waals surface area contributed by atoms with Crippen molar-refractivity contribution in [1.82, 2.24) is 9.88 Å². The van der Waals surface area contributed by atoms with Crippen LogP contribution < -0.4 is 4.90 Å². The number of aryl methyl sites for hydroxylation is 1. The third-order valence-electron chi connectivity index (χ3n) is 5.27. The summed E-state index contributed by atoms with van der Waals surface area (Å²) in [6.07, 6.45) is -4.27. The van der Waals surface area contributed by atoms with Crippen LogP contribution in [0.4, 0.5) is 18.3 Å². The Kier molecular flexibility index (Phi) is 5.79. The summed E-state index contributed by atoms with van der Waals surface area (Å²) in [5.41, 5.74) is 1.14. The van der Waals surface area contributed by atoms with Crippen molar-refractivity contribution in [2.75, 3.05) is 38.1 Å². The summed E-state index contributed by atoms with van der Waals surface area (Å²) in [5.74, 6) is -1.49. The number of alkyl halides is 3. The third kappa shape index (κ3) is 4.51. The van der Waals surface area contributed by atoms with Crippen molar-refractivity contribution in [2.24, 2.45) is 5.41 Å². The number of piperazine rings is 1. The van der Waals surface area contributed by atoms with Gasteiger partial charge in [0, 0.05) is 36.6 Å². The van der Waals surface area contributed by atoms with Crippen LogP contribution in [-0.4, -0.2) is 49.3 Å². The summed E-state index contributed by atoms with van der Waals surface area (Å²) in [5, 5.41) is 0.993. The molecule has 3 rings (SSSR count). The van der Waals surface area contributed by atoms with E-state index in [1.807, 2.05) is 6.92 Å². The zero-order valence-corrected chi connectivity index (χ0v) is 17.9. The fraction of sp³-hybridized carbons (Fsp3) is 0.571. The summed E-state index contributed by atoms with van der Waals surface area (Å²) in [4.78, 5) is 10.5. The van der Waals surface area contributed by atoms with Gasteiger partial charge in [0.05, 0.1) is 11.6 Å². The summed E-state index contributed by atoms with van der Waals surface area (Å²) >= 11 is 1.65. The van der Waals surface area contributed by atoms with Gasteiger partial charge in [-0.25, -0.2) is 4.98 Å². The summed E-state index contributed by atoms with van der Waals surface area (Å²) in [7, 11) is 2.11. The minimum Gasteiger partial charge on any atom is -0.346 e. The first kappa shape index (κ1) is 21.1. The highest BCUT2D eigenvalue weighted by Crippen LogP contribution is 2.47. The quantitative estimate of drug-likeness (QED) is 0.659. The van der Waals surface area contributed by atoms with E-state index in [4.69, 9.17) is 4.98 Å². The normalized spacial score (nSPS) is 17.8. The van der Waals surface area contributed by atoms with E-state index >= 15 is 0 Å². The molecule has 2 aromatic rings. The van der Waals surface area contributed by atoms with E-state index in [1.54, 1.807) is 56.4 Å². The van der Waals surface area contributed by atoms with E-state index in [9.17, 15) is 13.2 Å². The number of benzene rings is 1. The number of rotatable bonds is 3. The molecule has 28 heavy (non-hydrogen) atoms. The molecule has 0 amide bonds. The molecule has 1 aromatic heterocycles. The molecule has 1 atom stereocenters. The lowest BCUT2D eigenvalue weighted by molar-refractivity contribution is -0.171. The van der Waals surface area contributed by atoms with Crippen LogP contribution in [0.25, 0.3) is 11.3 Å². The van der Waals surface area contributed by atoms with E-state index in [2.05, 4.69) is 16.8 Å². The zero-order valence-electron chi connectivity index (χ0n) is 17.1. The second-order valence-electron chi connectivity index (χ2n) is 8.65. The molecule has 1 unspecified atom stereocenters. The molecular formula is C21H28F3N3S. The minimum absolute atomic E-state index is 0.302. The second kappa shape index (κ2) is 7.67. The number of hydrogen-bond acceptors (Lipinski definition) is 4. The number of nitrogens with zero attached hydrogens (tertiary/aromatic N) is 3. The Hall–Kier alpha value is -1.60. The van der Waals surface area contributed by atoms with Gasteiger partial charge in [-0.3, -0.25) is 0 Å². The SMILES string of the molecule is Cc1sc(N2CCN(C)CC2)nc1-c1ccc(C(C(C)(C)C)C(F)(F)F)cc1. The summed E-state index contributed by atoms with van der Waals surface area (Å²) < 4.78 is 40.8. The van der Waals surface area contributed by atoms with Crippen LogP contribution in [0, 0.1) is 12.3 Å². The summed E-state index contributed by atoms with van der Waals surface area (Å²) in [6.45, 7) is 10.8. The van der Waals surface area contributed by atoms with Crippen LogP contribution >= 0.6 is 11.3 Å². The Morgan fingerprint density at radius 1 is 1.00 bits per heavy atom. The Morgan fingerprint density at radius 3 is 2.07 bits per heavy atom. The van der Waals surface area contributed by atoms with Crippen molar-refractivity contribution in [2.45, 2.75) is 39.8 Å². The third-order valence-corrected chi connectivity index (χ3v) is 6.30. The highest BCUT2D eigenvalue weighted by molar-refractivity contribution is 7.16. The van der Waals surface area contributed by atoms with Gasteiger partial charge in [-0.2, -0.15) is 13.2 Å². The van der Waals surface area contributed by atoms with Crippen LogP contribution in [0.2, 0.25) is 0 Å². The fourth-order valence-corrected chi connectivity index (χ4v) is 4.78.